The molecule has 11 nitrogen and oxygen atoms in total. The molecular weight excluding hydrogens is 524 g/mol. The van der Waals surface area contributed by atoms with Gasteiger partial charge in [-0.3, -0.25) is 24.7 Å². The number of nitriles is 1. The number of urea groups is 1. The van der Waals surface area contributed by atoms with E-state index in [2.05, 4.69) is 27.0 Å². The minimum absolute atomic E-state index is 0.179. The lowest BCUT2D eigenvalue weighted by atomic mass is 9.91. The molecule has 0 bridgehead atoms. The molecule has 2 aliphatic rings. The summed E-state index contributed by atoms with van der Waals surface area (Å²) in [5.74, 6) is -0.540. The summed E-state index contributed by atoms with van der Waals surface area (Å²) in [5, 5.41) is 17.3. The van der Waals surface area contributed by atoms with Gasteiger partial charge in [0.05, 0.1) is 18.2 Å². The first kappa shape index (κ1) is 27.3. The Morgan fingerprint density at radius 3 is 2.66 bits per heavy atom. The lowest BCUT2D eigenvalue weighted by Crippen LogP contribution is -2.52. The molecule has 1 unspecified atom stereocenters. The first-order valence-corrected chi connectivity index (χ1v) is 13.0. The van der Waals surface area contributed by atoms with Crippen LogP contribution in [0.3, 0.4) is 0 Å². The molecule has 3 N–H and O–H groups in total. The van der Waals surface area contributed by atoms with Crippen LogP contribution >= 0.6 is 0 Å². The summed E-state index contributed by atoms with van der Waals surface area (Å²) in [4.78, 5) is 55.4. The van der Waals surface area contributed by atoms with Gasteiger partial charge in [0.15, 0.2) is 0 Å². The van der Waals surface area contributed by atoms with Gasteiger partial charge in [-0.2, -0.15) is 5.26 Å². The third kappa shape index (κ3) is 5.45. The number of benzene rings is 2. The summed E-state index contributed by atoms with van der Waals surface area (Å²) in [6, 6.07) is 13.2. The molecule has 5 amide bonds. The van der Waals surface area contributed by atoms with Crippen molar-refractivity contribution in [2.75, 3.05) is 12.4 Å². The average molecular weight is 553 g/mol. The van der Waals surface area contributed by atoms with Crippen molar-refractivity contribution in [2.45, 2.75) is 44.8 Å². The quantitative estimate of drug-likeness (QED) is 0.396. The normalized spacial score (nSPS) is 16.5. The van der Waals surface area contributed by atoms with Gasteiger partial charge in [-0.1, -0.05) is 12.1 Å². The lowest BCUT2D eigenvalue weighted by Gasteiger charge is -2.29. The first-order valence-electron chi connectivity index (χ1n) is 13.0. The Morgan fingerprint density at radius 1 is 1.12 bits per heavy atom. The number of rotatable bonds is 6. The number of carbonyl (C=O) groups excluding carboxylic acids is 4. The number of anilines is 1. The fourth-order valence-electron chi connectivity index (χ4n) is 5.21. The van der Waals surface area contributed by atoms with Crippen LogP contribution in [-0.2, 0) is 21.7 Å². The molecule has 0 aliphatic carbocycles. The highest BCUT2D eigenvalue weighted by Gasteiger charge is 2.39. The van der Waals surface area contributed by atoms with Crippen LogP contribution in [0.25, 0.3) is 11.1 Å². The number of hydrogen-bond donors (Lipinski definition) is 3. The Labute approximate surface area is 236 Å². The molecule has 1 aromatic heterocycles. The number of imide groups is 1. The zero-order chi connectivity index (χ0) is 29.3. The smallest absolute Gasteiger partial charge is 0.319 e. The highest BCUT2D eigenvalue weighted by molar-refractivity contribution is 6.05. The van der Waals surface area contributed by atoms with Crippen molar-refractivity contribution >= 4 is 29.4 Å². The molecule has 3 heterocycles. The van der Waals surface area contributed by atoms with Crippen molar-refractivity contribution in [3.05, 3.63) is 77.1 Å². The third-order valence-electron chi connectivity index (χ3n) is 7.28. The Balaban J connectivity index is 1.28. The maximum Gasteiger partial charge on any atom is 0.319 e. The number of ether oxygens (including phenoxy) is 1. The molecule has 208 valence electrons. The Morgan fingerprint density at radius 2 is 1.93 bits per heavy atom. The van der Waals surface area contributed by atoms with Gasteiger partial charge in [0.2, 0.25) is 11.8 Å². The van der Waals surface area contributed by atoms with Crippen LogP contribution in [0.2, 0.25) is 0 Å². The zero-order valence-electron chi connectivity index (χ0n) is 22.8. The monoisotopic (exact) mass is 552 g/mol. The molecule has 1 saturated heterocycles. The van der Waals surface area contributed by atoms with Crippen molar-refractivity contribution in [2.24, 2.45) is 0 Å². The minimum Gasteiger partial charge on any atom is -0.496 e. The molecule has 1 atom stereocenters. The molecular formula is C30H28N6O5. The van der Waals surface area contributed by atoms with Gasteiger partial charge in [0, 0.05) is 47.7 Å². The van der Waals surface area contributed by atoms with Crippen molar-refractivity contribution in [3.63, 3.8) is 0 Å². The Hall–Kier alpha value is -5.24. The van der Waals surface area contributed by atoms with Crippen LogP contribution in [0.15, 0.2) is 54.9 Å². The molecule has 11 heteroatoms. The van der Waals surface area contributed by atoms with E-state index in [1.54, 1.807) is 37.6 Å². The van der Waals surface area contributed by atoms with Gasteiger partial charge in [0.1, 0.15) is 17.9 Å². The topological polar surface area (TPSA) is 154 Å². The molecule has 0 spiro atoms. The number of fused-ring (bicyclic) bond motifs is 1. The second kappa shape index (κ2) is 10.7. The largest absolute Gasteiger partial charge is 0.496 e. The molecule has 3 aromatic rings. The number of nitrogens with one attached hydrogen (secondary N) is 3. The third-order valence-corrected chi connectivity index (χ3v) is 7.28. The van der Waals surface area contributed by atoms with Crippen molar-refractivity contribution in [3.8, 4) is 22.9 Å². The van der Waals surface area contributed by atoms with E-state index < -0.39 is 23.5 Å². The molecule has 41 heavy (non-hydrogen) atoms. The fourth-order valence-corrected chi connectivity index (χ4v) is 5.21. The van der Waals surface area contributed by atoms with Crippen molar-refractivity contribution in [1.29, 1.82) is 5.26 Å². The molecule has 0 saturated carbocycles. The summed E-state index contributed by atoms with van der Waals surface area (Å²) in [7, 11) is 1.55. The van der Waals surface area contributed by atoms with Crippen molar-refractivity contribution in [1.82, 2.24) is 20.5 Å². The zero-order valence-corrected chi connectivity index (χ0v) is 22.8. The van der Waals surface area contributed by atoms with Crippen LogP contribution in [-0.4, -0.2) is 46.8 Å². The number of aromatic nitrogens is 1. The standard InChI is InChI=1S/C30H28N6O5/c1-30(2,23-7-4-18(12-25(23)41-3)19-10-17(13-31)14-32-15-19)35-29(40)33-21-5-6-22-20(11-21)16-36(28(22)39)24-8-9-26(37)34-27(24)38/h4-7,10-12,14-15,24H,8-9,16H2,1-3H3,(H2,33,35,40)(H,34,37,38). The fraction of sp³-hybridized carbons (Fsp3) is 0.267. The summed E-state index contributed by atoms with van der Waals surface area (Å²) in [5.41, 5.74) is 3.56. The number of hydrogen-bond acceptors (Lipinski definition) is 7. The molecule has 1 fully saturated rings. The van der Waals surface area contributed by atoms with Crippen LogP contribution in [0.1, 0.15) is 53.7 Å². The van der Waals surface area contributed by atoms with Gasteiger partial charge in [-0.15, -0.1) is 0 Å². The summed E-state index contributed by atoms with van der Waals surface area (Å²) >= 11 is 0. The number of piperidine rings is 1. The van der Waals surface area contributed by atoms with Crippen molar-refractivity contribution < 1.29 is 23.9 Å². The van der Waals surface area contributed by atoms with Gasteiger partial charge in [-0.25, -0.2) is 4.79 Å². The van der Waals surface area contributed by atoms with E-state index in [-0.39, 0.29) is 31.2 Å². The summed E-state index contributed by atoms with van der Waals surface area (Å²) in [6.45, 7) is 3.90. The molecule has 2 aromatic carbocycles. The number of amides is 5. The second-order valence-corrected chi connectivity index (χ2v) is 10.5. The van der Waals surface area contributed by atoms with Crippen LogP contribution < -0.4 is 20.7 Å². The maximum absolute atomic E-state index is 13.0. The summed E-state index contributed by atoms with van der Waals surface area (Å²) in [6.07, 6.45) is 3.62. The van der Waals surface area contributed by atoms with Crippen LogP contribution in [0.4, 0.5) is 10.5 Å². The maximum atomic E-state index is 13.0. The van der Waals surface area contributed by atoms with E-state index in [1.807, 2.05) is 32.0 Å². The van der Waals surface area contributed by atoms with Gasteiger partial charge in [0.25, 0.3) is 5.91 Å². The SMILES string of the molecule is COc1cc(-c2cncc(C#N)c2)ccc1C(C)(C)NC(=O)Nc1ccc2c(c1)CN(C1CCC(=O)NC1=O)C2=O. The van der Waals surface area contributed by atoms with Crippen LogP contribution in [0, 0.1) is 11.3 Å². The number of nitrogens with zero attached hydrogens (tertiary/aromatic N) is 3. The Kier molecular flexibility index (Phi) is 7.15. The molecule has 2 aliphatic heterocycles. The predicted molar refractivity (Wildman–Crippen MR) is 149 cm³/mol. The number of pyridine rings is 1. The summed E-state index contributed by atoms with van der Waals surface area (Å²) < 4.78 is 5.64. The number of carbonyl (C=O) groups is 4. The van der Waals surface area contributed by atoms with E-state index >= 15 is 0 Å². The Bertz CT molecular complexity index is 1630. The van der Waals surface area contributed by atoms with Gasteiger partial charge >= 0.3 is 6.03 Å². The van der Waals surface area contributed by atoms with Gasteiger partial charge < -0.3 is 20.3 Å². The highest BCUT2D eigenvalue weighted by Crippen LogP contribution is 2.34. The minimum atomic E-state index is -0.837. The second-order valence-electron chi connectivity index (χ2n) is 10.5. The van der Waals surface area contributed by atoms with E-state index in [0.717, 1.165) is 16.7 Å². The molecule has 5 rings (SSSR count). The highest BCUT2D eigenvalue weighted by atomic mass is 16.5. The van der Waals surface area contributed by atoms with E-state index in [0.29, 0.717) is 28.1 Å². The first-order chi connectivity index (χ1) is 19.6. The molecule has 0 radical (unpaired) electrons. The van der Waals surface area contributed by atoms with Gasteiger partial charge in [-0.05, 0) is 61.7 Å². The number of methoxy groups -OCH3 is 1. The van der Waals surface area contributed by atoms with E-state index in [4.69, 9.17) is 4.74 Å². The van der Waals surface area contributed by atoms with E-state index in [9.17, 15) is 24.4 Å². The lowest BCUT2D eigenvalue weighted by molar-refractivity contribution is -0.136. The average Bonchev–Trinajstić information content (AvgIpc) is 3.27. The van der Waals surface area contributed by atoms with Crippen LogP contribution in [0.5, 0.6) is 5.75 Å². The predicted octanol–water partition coefficient (Wildman–Crippen LogP) is 3.45. The van der Waals surface area contributed by atoms with E-state index in [1.165, 1.54) is 11.1 Å².